The fourth-order valence-electron chi connectivity index (χ4n) is 0. The maximum absolute atomic E-state index is 8.88. The van der Waals surface area contributed by atoms with Gasteiger partial charge < -0.3 is 29.4 Å². The molecule has 0 atom stereocenters. The molecule has 20 nitrogen and oxygen atoms in total. The van der Waals surface area contributed by atoms with Gasteiger partial charge in [0.25, 0.3) is 0 Å². The predicted molar refractivity (Wildman–Crippen MR) is 46.0 cm³/mol. The number of hydrogen-bond acceptors (Lipinski definition) is 8. The summed E-state index contributed by atoms with van der Waals surface area (Å²) in [5.74, 6) is 0. The summed E-state index contributed by atoms with van der Waals surface area (Å²) in [6.45, 7) is 0. The molecule has 0 aliphatic heterocycles. The van der Waals surface area contributed by atoms with Crippen molar-refractivity contribution in [2.45, 2.75) is 0 Å². The van der Waals surface area contributed by atoms with Crippen molar-refractivity contribution >= 4 is 15.6 Å². The molecule has 0 aromatic heterocycles. The summed E-state index contributed by atoms with van der Waals surface area (Å²) in [5, 5.41) is 0. The van der Waals surface area contributed by atoms with E-state index < -0.39 is 56.5 Å². The van der Waals surface area contributed by atoms with Crippen molar-refractivity contribution in [1.82, 2.24) is 0 Å². The van der Waals surface area contributed by atoms with Crippen molar-refractivity contribution in [3.05, 3.63) is 0 Å². The van der Waals surface area contributed by atoms with Gasteiger partial charge in [0, 0.05) is 0 Å². The van der Waals surface area contributed by atoms with Gasteiger partial charge in [0.1, 0.15) is 0 Å². The molecule has 0 aliphatic carbocycles. The molecule has 12 N–H and O–H groups in total. The number of phosphoric acid groups is 2. The van der Waals surface area contributed by atoms with Crippen LogP contribution in [0.3, 0.4) is 0 Å². The van der Waals surface area contributed by atoms with E-state index >= 15 is 0 Å². The van der Waals surface area contributed by atoms with Gasteiger partial charge in [-0.3, -0.25) is 0 Å². The van der Waals surface area contributed by atoms with Crippen molar-refractivity contribution in [3.8, 4) is 0 Å². The standard InChI is InChI=1S/3Cr.2H3O4P.6H2O.6O/c;;;2*1-5(2,3)4;;;;;;;;;;;;/h;;;2*(H3,1,2,3,4);6*1H2;;;;;;/q3*+2;;;;;;;;;;;;;;/p-6. The second-order valence-corrected chi connectivity index (χ2v) is 8.62. The third-order valence-corrected chi connectivity index (χ3v) is 0. The molecule has 0 amide bonds. The Morgan fingerprint density at radius 2 is 0.400 bits per heavy atom. The molecule has 0 saturated carbocycles. The van der Waals surface area contributed by atoms with Gasteiger partial charge in [-0.2, -0.15) is 0 Å². The zero-order valence-electron chi connectivity index (χ0n) is 10.8. The topological polar surface area (TPSA) is 379 Å². The molecule has 0 bridgehead atoms. The van der Waals surface area contributed by atoms with E-state index in [1.807, 2.05) is 0 Å². The van der Waals surface area contributed by atoms with Crippen molar-refractivity contribution in [3.63, 3.8) is 0 Å². The molecule has 0 heterocycles. The first-order chi connectivity index (χ1) is 10.0. The van der Waals surface area contributed by atoms with Crippen molar-refractivity contribution < 1.29 is 127 Å². The maximum atomic E-state index is 8.88. The van der Waals surface area contributed by atoms with Crippen LogP contribution in [0.25, 0.3) is 0 Å². The Morgan fingerprint density at radius 1 is 0.400 bits per heavy atom. The van der Waals surface area contributed by atoms with E-state index in [2.05, 4.69) is 0 Å². The van der Waals surface area contributed by atoms with Gasteiger partial charge in [-0.1, -0.05) is 0 Å². The van der Waals surface area contributed by atoms with E-state index in [1.165, 1.54) is 0 Å². The predicted octanol–water partition coefficient (Wildman–Crippen LogP) is -5.92. The van der Waals surface area contributed by atoms with E-state index in [-0.39, 0.29) is 0 Å². The Bertz CT molecular complexity index is 572. The summed E-state index contributed by atoms with van der Waals surface area (Å²) in [6.07, 6.45) is 0. The SMILES string of the molecule is O=P(O)(O)O.O=P(O)(O)O.[O]=[Cr](=[O])([OH])[OH].[O]=[Cr](=[O])([OH])[OH].[O]=[Cr](=[O])([OH])[OH]. The average Bonchev–Trinajstić information content (AvgIpc) is 1.79. The molecule has 0 unspecified atom stereocenters. The molecule has 0 aliphatic rings. The molecule has 25 heavy (non-hydrogen) atoms. The van der Waals surface area contributed by atoms with Gasteiger partial charge in [-0.05, 0) is 0 Å². The second-order valence-electron chi connectivity index (χ2n) is 2.37. The van der Waals surface area contributed by atoms with Crippen LogP contribution >= 0.6 is 15.6 Å². The van der Waals surface area contributed by atoms with Crippen LogP contribution in [0, 0.1) is 0 Å². The summed E-state index contributed by atoms with van der Waals surface area (Å²) >= 11 is -15.8. The first-order valence-corrected chi connectivity index (χ1v) is 13.3. The summed E-state index contributed by atoms with van der Waals surface area (Å²) in [5.41, 5.74) is 0. The van der Waals surface area contributed by atoms with E-state index in [4.69, 9.17) is 86.3 Å². The molecule has 0 saturated heterocycles. The zero-order chi connectivity index (χ0) is 22.5. The molecule has 160 valence electrons. The Balaban J connectivity index is -0.0000000667. The number of rotatable bonds is 0. The van der Waals surface area contributed by atoms with Gasteiger partial charge in [0.2, 0.25) is 0 Å². The summed E-state index contributed by atoms with van der Waals surface area (Å²) in [6, 6.07) is 0. The molecule has 0 aromatic rings. The van der Waals surface area contributed by atoms with Crippen LogP contribution in [0.2, 0.25) is 0 Å². The van der Waals surface area contributed by atoms with Crippen LogP contribution in [-0.2, 0) is 72.8 Å². The fourth-order valence-corrected chi connectivity index (χ4v) is 0. The summed E-state index contributed by atoms with van der Waals surface area (Å²) in [7, 11) is -9.28. The van der Waals surface area contributed by atoms with E-state index in [0.29, 0.717) is 0 Å². The van der Waals surface area contributed by atoms with Crippen LogP contribution in [-0.4, -0.2) is 54.3 Å². The fraction of sp³-hybridized carbons (Fsp3) is 0. The molecular formula is H12Cr3O20P2. The minimum absolute atomic E-state index is 4.64. The Morgan fingerprint density at radius 3 is 0.400 bits per heavy atom. The van der Waals surface area contributed by atoms with E-state index in [9.17, 15) is 0 Å². The summed E-state index contributed by atoms with van der Waals surface area (Å²) < 4.78 is 113. The van der Waals surface area contributed by atoms with Gasteiger partial charge in [-0.15, -0.1) is 0 Å². The van der Waals surface area contributed by atoms with Gasteiger partial charge in [-0.25, -0.2) is 9.13 Å². The van der Waals surface area contributed by atoms with Gasteiger partial charge in [0.15, 0.2) is 0 Å². The molecule has 0 radical (unpaired) electrons. The first kappa shape index (κ1) is 36.3. The molecule has 0 fully saturated rings. The zero-order valence-corrected chi connectivity index (χ0v) is 16.4. The van der Waals surface area contributed by atoms with Crippen LogP contribution in [0.4, 0.5) is 0 Å². The van der Waals surface area contributed by atoms with Crippen molar-refractivity contribution in [1.29, 1.82) is 0 Å². The first-order valence-electron chi connectivity index (χ1n) is 3.66. The van der Waals surface area contributed by atoms with E-state index in [0.717, 1.165) is 0 Å². The van der Waals surface area contributed by atoms with Crippen LogP contribution < -0.4 is 0 Å². The Labute approximate surface area is 142 Å². The monoisotopic (exact) mass is 550 g/mol. The van der Waals surface area contributed by atoms with Crippen LogP contribution in [0.15, 0.2) is 0 Å². The van der Waals surface area contributed by atoms with Crippen LogP contribution in [0.5, 0.6) is 0 Å². The molecule has 25 heteroatoms. The third kappa shape index (κ3) is 85700. The summed E-state index contributed by atoms with van der Waals surface area (Å²) in [4.78, 5) is 43.1. The van der Waals surface area contributed by atoms with Gasteiger partial charge in [0.05, 0.1) is 0 Å². The molecule has 0 rings (SSSR count). The van der Waals surface area contributed by atoms with Crippen molar-refractivity contribution in [2.24, 2.45) is 0 Å². The third-order valence-electron chi connectivity index (χ3n) is 0. The molecule has 0 spiro atoms. The average molecular weight is 550 g/mol. The minimum atomic E-state index is -5.25. The molecule has 0 aromatic carbocycles. The normalized spacial score (nSPS) is 11.7. The quantitative estimate of drug-likeness (QED) is 0.125. The van der Waals surface area contributed by atoms with Gasteiger partial charge >= 0.3 is 104 Å². The second kappa shape index (κ2) is 14.4. The molecular weight excluding hydrogens is 538 g/mol. The van der Waals surface area contributed by atoms with Crippen molar-refractivity contribution in [2.75, 3.05) is 0 Å². The van der Waals surface area contributed by atoms with Crippen LogP contribution in [0.1, 0.15) is 0 Å². The number of hydrogen-bond donors (Lipinski definition) is 12. The Hall–Kier alpha value is 0.377. The van der Waals surface area contributed by atoms with E-state index in [1.54, 1.807) is 0 Å². The Kier molecular flexibility index (Phi) is 21.0.